The first-order chi connectivity index (χ1) is 11.6. The highest BCUT2D eigenvalue weighted by molar-refractivity contribution is 7.22. The molecule has 0 bridgehead atoms. The van der Waals surface area contributed by atoms with E-state index in [0.29, 0.717) is 10.7 Å². The first-order valence-corrected chi connectivity index (χ1v) is 8.47. The van der Waals surface area contributed by atoms with Crippen molar-refractivity contribution >= 4 is 43.5 Å². The van der Waals surface area contributed by atoms with Crippen LogP contribution in [0.15, 0.2) is 48.5 Å². The molecule has 1 N–H and O–H groups in total. The standard InChI is InChI=1S/C19H15N3OS/c1-11-7-8-15-13(9-11)14(10-12(2)20-15)18(23)22-19-21-16-5-3-4-6-17(16)24-19/h3-10H,1-2H3,(H,21,22,23). The summed E-state index contributed by atoms with van der Waals surface area (Å²) in [6, 6.07) is 15.6. The van der Waals surface area contributed by atoms with Gasteiger partial charge >= 0.3 is 0 Å². The summed E-state index contributed by atoms with van der Waals surface area (Å²) in [5, 5.41) is 4.40. The molecule has 24 heavy (non-hydrogen) atoms. The minimum absolute atomic E-state index is 0.157. The van der Waals surface area contributed by atoms with Crippen molar-refractivity contribution in [1.82, 2.24) is 9.97 Å². The first kappa shape index (κ1) is 14.8. The molecular formula is C19H15N3OS. The zero-order valence-electron chi connectivity index (χ0n) is 13.3. The highest BCUT2D eigenvalue weighted by atomic mass is 32.1. The molecule has 0 aliphatic carbocycles. The number of rotatable bonds is 2. The van der Waals surface area contributed by atoms with Crippen LogP contribution in [0.25, 0.3) is 21.1 Å². The number of fused-ring (bicyclic) bond motifs is 2. The molecule has 2 heterocycles. The molecule has 2 aromatic carbocycles. The van der Waals surface area contributed by atoms with Crippen molar-refractivity contribution in [1.29, 1.82) is 0 Å². The van der Waals surface area contributed by atoms with Crippen LogP contribution in [-0.2, 0) is 0 Å². The molecule has 1 amide bonds. The molecule has 0 radical (unpaired) electrons. The average Bonchev–Trinajstić information content (AvgIpc) is 2.96. The van der Waals surface area contributed by atoms with E-state index in [1.807, 2.05) is 62.4 Å². The Morgan fingerprint density at radius 3 is 2.67 bits per heavy atom. The maximum atomic E-state index is 12.8. The van der Waals surface area contributed by atoms with Gasteiger partial charge in [0.2, 0.25) is 0 Å². The summed E-state index contributed by atoms with van der Waals surface area (Å²) in [5.41, 5.74) is 4.27. The maximum absolute atomic E-state index is 12.8. The lowest BCUT2D eigenvalue weighted by molar-refractivity contribution is 0.102. The Labute approximate surface area is 143 Å². The van der Waals surface area contributed by atoms with Gasteiger partial charge in [0.05, 0.1) is 21.3 Å². The van der Waals surface area contributed by atoms with Gasteiger partial charge in [-0.25, -0.2) is 4.98 Å². The smallest absolute Gasteiger partial charge is 0.258 e. The molecule has 4 nitrogen and oxygen atoms in total. The normalized spacial score (nSPS) is 11.1. The average molecular weight is 333 g/mol. The van der Waals surface area contributed by atoms with Gasteiger partial charge in [0.15, 0.2) is 5.13 Å². The lowest BCUT2D eigenvalue weighted by Gasteiger charge is -2.08. The molecule has 118 valence electrons. The zero-order chi connectivity index (χ0) is 16.7. The molecule has 0 aliphatic rings. The minimum atomic E-state index is -0.157. The number of anilines is 1. The van der Waals surface area contributed by atoms with Crippen molar-refractivity contribution in [3.05, 3.63) is 65.4 Å². The Bertz CT molecular complexity index is 1050. The summed E-state index contributed by atoms with van der Waals surface area (Å²) in [7, 11) is 0. The third kappa shape index (κ3) is 2.63. The van der Waals surface area contributed by atoms with Gasteiger partial charge in [-0.3, -0.25) is 15.1 Å². The van der Waals surface area contributed by atoms with E-state index in [2.05, 4.69) is 15.3 Å². The maximum Gasteiger partial charge on any atom is 0.258 e. The minimum Gasteiger partial charge on any atom is -0.298 e. The Kier molecular flexibility index (Phi) is 3.50. The number of aryl methyl sites for hydroxylation is 2. The van der Waals surface area contributed by atoms with Gasteiger partial charge in [0.1, 0.15) is 0 Å². The number of hydrogen-bond acceptors (Lipinski definition) is 4. The van der Waals surface area contributed by atoms with Crippen molar-refractivity contribution < 1.29 is 4.79 Å². The van der Waals surface area contributed by atoms with Gasteiger partial charge in [-0.1, -0.05) is 35.1 Å². The van der Waals surface area contributed by atoms with Crippen LogP contribution in [0.3, 0.4) is 0 Å². The molecule has 4 aromatic rings. The number of nitrogens with zero attached hydrogens (tertiary/aromatic N) is 2. The van der Waals surface area contributed by atoms with Crippen LogP contribution in [0.4, 0.5) is 5.13 Å². The number of carbonyl (C=O) groups is 1. The van der Waals surface area contributed by atoms with Crippen LogP contribution in [0.1, 0.15) is 21.6 Å². The quantitative estimate of drug-likeness (QED) is 0.578. The summed E-state index contributed by atoms with van der Waals surface area (Å²) in [4.78, 5) is 21.8. The number of carbonyl (C=O) groups excluding carboxylic acids is 1. The van der Waals surface area contributed by atoms with Gasteiger partial charge in [-0.05, 0) is 44.2 Å². The van der Waals surface area contributed by atoms with E-state index < -0.39 is 0 Å². The Hall–Kier alpha value is -2.79. The molecule has 0 saturated carbocycles. The van der Waals surface area contributed by atoms with E-state index in [1.54, 1.807) is 0 Å². The number of nitrogens with one attached hydrogen (secondary N) is 1. The molecule has 0 fully saturated rings. The van der Waals surface area contributed by atoms with Crippen molar-refractivity contribution in [2.75, 3.05) is 5.32 Å². The summed E-state index contributed by atoms with van der Waals surface area (Å²) < 4.78 is 1.06. The van der Waals surface area contributed by atoms with Gasteiger partial charge in [-0.2, -0.15) is 0 Å². The second-order valence-corrected chi connectivity index (χ2v) is 6.80. The zero-order valence-corrected chi connectivity index (χ0v) is 14.1. The predicted octanol–water partition coefficient (Wildman–Crippen LogP) is 4.71. The van der Waals surface area contributed by atoms with Gasteiger partial charge in [0.25, 0.3) is 5.91 Å². The van der Waals surface area contributed by atoms with E-state index in [4.69, 9.17) is 0 Å². The second-order valence-electron chi connectivity index (χ2n) is 5.77. The number of thiazole rings is 1. The van der Waals surface area contributed by atoms with Crippen LogP contribution in [0.2, 0.25) is 0 Å². The molecule has 0 saturated heterocycles. The number of hydrogen-bond donors (Lipinski definition) is 1. The Morgan fingerprint density at radius 2 is 1.83 bits per heavy atom. The van der Waals surface area contributed by atoms with Crippen LogP contribution < -0.4 is 5.32 Å². The highest BCUT2D eigenvalue weighted by Gasteiger charge is 2.14. The Morgan fingerprint density at radius 1 is 1.00 bits per heavy atom. The van der Waals surface area contributed by atoms with Crippen molar-refractivity contribution in [3.8, 4) is 0 Å². The van der Waals surface area contributed by atoms with Gasteiger partial charge < -0.3 is 0 Å². The van der Waals surface area contributed by atoms with E-state index in [1.165, 1.54) is 11.3 Å². The number of aromatic nitrogens is 2. The predicted molar refractivity (Wildman–Crippen MR) is 98.8 cm³/mol. The number of pyridine rings is 1. The summed E-state index contributed by atoms with van der Waals surface area (Å²) >= 11 is 1.47. The van der Waals surface area contributed by atoms with Crippen molar-refractivity contribution in [3.63, 3.8) is 0 Å². The van der Waals surface area contributed by atoms with Crippen LogP contribution in [0, 0.1) is 13.8 Å². The fourth-order valence-corrected chi connectivity index (χ4v) is 3.61. The third-order valence-corrected chi connectivity index (χ3v) is 4.80. The fourth-order valence-electron chi connectivity index (χ4n) is 2.75. The summed E-state index contributed by atoms with van der Waals surface area (Å²) in [5.74, 6) is -0.157. The second kappa shape index (κ2) is 5.69. The molecule has 0 atom stereocenters. The molecule has 0 spiro atoms. The van der Waals surface area contributed by atoms with Crippen LogP contribution >= 0.6 is 11.3 Å². The van der Waals surface area contributed by atoms with Crippen LogP contribution in [0.5, 0.6) is 0 Å². The molecular weight excluding hydrogens is 318 g/mol. The molecule has 0 aliphatic heterocycles. The van der Waals surface area contributed by atoms with Gasteiger partial charge in [0, 0.05) is 11.1 Å². The highest BCUT2D eigenvalue weighted by Crippen LogP contribution is 2.27. The monoisotopic (exact) mass is 333 g/mol. The fraction of sp³-hybridized carbons (Fsp3) is 0.105. The number of amides is 1. The summed E-state index contributed by atoms with van der Waals surface area (Å²) in [6.45, 7) is 3.91. The third-order valence-electron chi connectivity index (χ3n) is 3.85. The molecule has 4 rings (SSSR count). The SMILES string of the molecule is Cc1ccc2nc(C)cc(C(=O)Nc3nc4ccccc4s3)c2c1. The molecule has 0 unspecified atom stereocenters. The topological polar surface area (TPSA) is 54.9 Å². The number of para-hydroxylation sites is 1. The van der Waals surface area contributed by atoms with E-state index in [9.17, 15) is 4.79 Å². The van der Waals surface area contributed by atoms with Crippen molar-refractivity contribution in [2.24, 2.45) is 0 Å². The summed E-state index contributed by atoms with van der Waals surface area (Å²) in [6.07, 6.45) is 0. The van der Waals surface area contributed by atoms with Crippen molar-refractivity contribution in [2.45, 2.75) is 13.8 Å². The lowest BCUT2D eigenvalue weighted by Crippen LogP contribution is -2.13. The molecule has 2 aromatic heterocycles. The van der Waals surface area contributed by atoms with Crippen LogP contribution in [-0.4, -0.2) is 15.9 Å². The Balaban J connectivity index is 1.76. The number of benzene rings is 2. The largest absolute Gasteiger partial charge is 0.298 e. The first-order valence-electron chi connectivity index (χ1n) is 7.65. The van der Waals surface area contributed by atoms with E-state index in [-0.39, 0.29) is 5.91 Å². The van der Waals surface area contributed by atoms with E-state index in [0.717, 1.165) is 32.4 Å². The van der Waals surface area contributed by atoms with E-state index >= 15 is 0 Å². The van der Waals surface area contributed by atoms with Gasteiger partial charge in [-0.15, -0.1) is 0 Å². The lowest BCUT2D eigenvalue weighted by atomic mass is 10.0. The molecule has 5 heteroatoms.